The first kappa shape index (κ1) is 16.6. The maximum atomic E-state index is 4.89. The van der Waals surface area contributed by atoms with Crippen LogP contribution in [0.1, 0.15) is 11.1 Å². The Kier molecular flexibility index (Phi) is 6.28. The molecule has 1 heterocycles. The average molecular weight is 320 g/mol. The van der Waals surface area contributed by atoms with Crippen molar-refractivity contribution in [2.75, 3.05) is 39.3 Å². The van der Waals surface area contributed by atoms with Gasteiger partial charge in [0, 0.05) is 37.3 Å². The first-order valence-electron chi connectivity index (χ1n) is 8.57. The van der Waals surface area contributed by atoms with Crippen molar-refractivity contribution in [1.82, 2.24) is 10.6 Å². The van der Waals surface area contributed by atoms with Gasteiger partial charge in [-0.3, -0.25) is 9.98 Å². The maximum absolute atomic E-state index is 4.89. The molecular weight excluding hydrogens is 296 g/mol. The number of nitrogens with one attached hydrogen (secondary N) is 2. The molecular formula is C20H24N4. The Morgan fingerprint density at radius 3 is 1.38 bits per heavy atom. The van der Waals surface area contributed by atoms with Crippen LogP contribution in [-0.2, 0) is 0 Å². The molecule has 3 rings (SSSR count). The van der Waals surface area contributed by atoms with Gasteiger partial charge in [-0.2, -0.15) is 0 Å². The minimum Gasteiger partial charge on any atom is -0.314 e. The molecule has 124 valence electrons. The van der Waals surface area contributed by atoms with Crippen LogP contribution in [0.2, 0.25) is 0 Å². The highest BCUT2D eigenvalue weighted by Gasteiger charge is 2.14. The lowest BCUT2D eigenvalue weighted by atomic mass is 9.99. The summed E-state index contributed by atoms with van der Waals surface area (Å²) in [5, 5.41) is 6.84. The summed E-state index contributed by atoms with van der Waals surface area (Å²) in [4.78, 5) is 9.78. The summed E-state index contributed by atoms with van der Waals surface area (Å²) >= 11 is 0. The Bertz CT molecular complexity index is 616. The molecule has 2 N–H and O–H groups in total. The number of hydrogen-bond donors (Lipinski definition) is 2. The van der Waals surface area contributed by atoms with Crippen LogP contribution in [0, 0.1) is 0 Å². The highest BCUT2D eigenvalue weighted by atomic mass is 15.0. The van der Waals surface area contributed by atoms with Gasteiger partial charge in [-0.05, 0) is 0 Å². The fourth-order valence-electron chi connectivity index (χ4n) is 2.72. The van der Waals surface area contributed by atoms with E-state index >= 15 is 0 Å². The Hall–Kier alpha value is -2.30. The quantitative estimate of drug-likeness (QED) is 0.891. The Morgan fingerprint density at radius 2 is 0.958 bits per heavy atom. The lowest BCUT2D eigenvalue weighted by Crippen LogP contribution is -2.31. The minimum atomic E-state index is 0.746. The first-order valence-corrected chi connectivity index (χ1v) is 8.57. The zero-order valence-corrected chi connectivity index (χ0v) is 13.9. The second kappa shape index (κ2) is 9.11. The van der Waals surface area contributed by atoms with Crippen molar-refractivity contribution < 1.29 is 0 Å². The summed E-state index contributed by atoms with van der Waals surface area (Å²) in [6.45, 7) is 5.17. The van der Waals surface area contributed by atoms with Crippen LogP contribution in [-0.4, -0.2) is 50.7 Å². The van der Waals surface area contributed by atoms with Crippen LogP contribution in [0.5, 0.6) is 0 Å². The predicted octanol–water partition coefficient (Wildman–Crippen LogP) is 2.16. The lowest BCUT2D eigenvalue weighted by molar-refractivity contribution is 0.618. The SMILES string of the molecule is c1ccc(C2=NCCNCCNCCN=C2c2ccccc2)cc1. The second-order valence-electron chi connectivity index (χ2n) is 5.69. The standard InChI is InChI=1S/C20H24N4/c1-3-7-17(8-4-1)19-20(18-9-5-2-6-10-18)24-16-14-22-12-11-21-13-15-23-19/h1-10,21-22H,11-16H2. The van der Waals surface area contributed by atoms with Crippen molar-refractivity contribution in [1.29, 1.82) is 0 Å². The van der Waals surface area contributed by atoms with E-state index in [0.29, 0.717) is 0 Å². The third kappa shape index (κ3) is 4.60. The van der Waals surface area contributed by atoms with E-state index in [1.165, 1.54) is 0 Å². The molecule has 0 aromatic heterocycles. The molecule has 1 aliphatic rings. The Labute approximate surface area is 143 Å². The molecule has 4 heteroatoms. The van der Waals surface area contributed by atoms with Crippen molar-refractivity contribution in [2.45, 2.75) is 0 Å². The largest absolute Gasteiger partial charge is 0.314 e. The monoisotopic (exact) mass is 320 g/mol. The summed E-state index contributed by atoms with van der Waals surface area (Å²) in [6, 6.07) is 20.7. The van der Waals surface area contributed by atoms with Gasteiger partial charge >= 0.3 is 0 Å². The zero-order chi connectivity index (χ0) is 16.5. The summed E-state index contributed by atoms with van der Waals surface area (Å²) in [5.41, 5.74) is 4.18. The van der Waals surface area contributed by atoms with Crippen molar-refractivity contribution in [3.8, 4) is 0 Å². The first-order chi connectivity index (χ1) is 11.9. The van der Waals surface area contributed by atoms with Crippen LogP contribution >= 0.6 is 0 Å². The van der Waals surface area contributed by atoms with Crippen LogP contribution in [0.4, 0.5) is 0 Å². The molecule has 0 spiro atoms. The molecule has 1 aliphatic heterocycles. The van der Waals surface area contributed by atoms with Crippen LogP contribution in [0.3, 0.4) is 0 Å². The molecule has 0 aliphatic carbocycles. The predicted molar refractivity (Wildman–Crippen MR) is 101 cm³/mol. The molecule has 2 aromatic rings. The number of hydrogen-bond acceptors (Lipinski definition) is 4. The molecule has 0 atom stereocenters. The number of nitrogens with zero attached hydrogens (tertiary/aromatic N) is 2. The third-order valence-electron chi connectivity index (χ3n) is 3.91. The molecule has 0 amide bonds. The van der Waals surface area contributed by atoms with Gasteiger partial charge in [0.2, 0.25) is 0 Å². The van der Waals surface area contributed by atoms with Gasteiger partial charge < -0.3 is 10.6 Å². The lowest BCUT2D eigenvalue weighted by Gasteiger charge is -2.14. The molecule has 24 heavy (non-hydrogen) atoms. The Balaban J connectivity index is 2.00. The minimum absolute atomic E-state index is 0.746. The van der Waals surface area contributed by atoms with Gasteiger partial charge in [-0.1, -0.05) is 60.7 Å². The van der Waals surface area contributed by atoms with E-state index in [0.717, 1.165) is 61.8 Å². The third-order valence-corrected chi connectivity index (χ3v) is 3.91. The fourth-order valence-corrected chi connectivity index (χ4v) is 2.72. The van der Waals surface area contributed by atoms with Gasteiger partial charge in [0.25, 0.3) is 0 Å². The average Bonchev–Trinajstić information content (AvgIpc) is 2.64. The van der Waals surface area contributed by atoms with Crippen LogP contribution < -0.4 is 10.6 Å². The normalized spacial score (nSPS) is 17.2. The molecule has 0 saturated heterocycles. The second-order valence-corrected chi connectivity index (χ2v) is 5.69. The number of rotatable bonds is 2. The van der Waals surface area contributed by atoms with E-state index in [9.17, 15) is 0 Å². The van der Waals surface area contributed by atoms with E-state index in [1.807, 2.05) is 12.1 Å². The van der Waals surface area contributed by atoms with Gasteiger partial charge in [0.05, 0.1) is 24.5 Å². The molecule has 0 unspecified atom stereocenters. The van der Waals surface area contributed by atoms with E-state index in [2.05, 4.69) is 59.2 Å². The summed E-state index contributed by atoms with van der Waals surface area (Å²) < 4.78 is 0. The number of benzene rings is 2. The van der Waals surface area contributed by atoms with Crippen molar-refractivity contribution in [3.63, 3.8) is 0 Å². The molecule has 2 aromatic carbocycles. The van der Waals surface area contributed by atoms with E-state index in [-0.39, 0.29) is 0 Å². The van der Waals surface area contributed by atoms with Crippen LogP contribution in [0.25, 0.3) is 0 Å². The maximum Gasteiger partial charge on any atom is 0.0905 e. The molecule has 0 bridgehead atoms. The van der Waals surface area contributed by atoms with Crippen molar-refractivity contribution in [3.05, 3.63) is 71.8 Å². The van der Waals surface area contributed by atoms with Crippen LogP contribution in [0.15, 0.2) is 70.6 Å². The van der Waals surface area contributed by atoms with Gasteiger partial charge in [-0.25, -0.2) is 0 Å². The van der Waals surface area contributed by atoms with E-state index in [4.69, 9.17) is 9.98 Å². The molecule has 0 saturated carbocycles. The fraction of sp³-hybridized carbons (Fsp3) is 0.300. The topological polar surface area (TPSA) is 48.8 Å². The van der Waals surface area contributed by atoms with E-state index in [1.54, 1.807) is 0 Å². The molecule has 0 radical (unpaired) electrons. The van der Waals surface area contributed by atoms with E-state index < -0.39 is 0 Å². The van der Waals surface area contributed by atoms with Gasteiger partial charge in [0.15, 0.2) is 0 Å². The molecule has 0 fully saturated rings. The Morgan fingerprint density at radius 1 is 0.542 bits per heavy atom. The van der Waals surface area contributed by atoms with Crippen molar-refractivity contribution in [2.24, 2.45) is 9.98 Å². The molecule has 4 nitrogen and oxygen atoms in total. The van der Waals surface area contributed by atoms with Gasteiger partial charge in [-0.15, -0.1) is 0 Å². The zero-order valence-electron chi connectivity index (χ0n) is 13.9. The summed E-state index contributed by atoms with van der Waals surface area (Å²) in [6.07, 6.45) is 0. The summed E-state index contributed by atoms with van der Waals surface area (Å²) in [5.74, 6) is 0. The smallest absolute Gasteiger partial charge is 0.0905 e. The van der Waals surface area contributed by atoms with Gasteiger partial charge in [0.1, 0.15) is 0 Å². The number of aliphatic imine (C=N–C) groups is 2. The highest BCUT2D eigenvalue weighted by Crippen LogP contribution is 2.11. The van der Waals surface area contributed by atoms with Crippen molar-refractivity contribution >= 4 is 11.4 Å². The highest BCUT2D eigenvalue weighted by molar-refractivity contribution is 6.53. The summed E-state index contributed by atoms with van der Waals surface area (Å²) in [7, 11) is 0.